The maximum Gasteiger partial charge on any atom is 0.218 e. The zero-order valence-corrected chi connectivity index (χ0v) is 20.3. The summed E-state index contributed by atoms with van der Waals surface area (Å²) >= 11 is 0. The molecule has 0 bridgehead atoms. The molecule has 0 unspecified atom stereocenters. The van der Waals surface area contributed by atoms with Crippen molar-refractivity contribution in [2.75, 3.05) is 26.2 Å². The molecule has 0 amide bonds. The number of aliphatic imine (C=N–C) groups is 1. The van der Waals surface area contributed by atoms with E-state index < -0.39 is 0 Å². The highest BCUT2D eigenvalue weighted by atomic mass is 127. The second-order valence-corrected chi connectivity index (χ2v) is 7.28. The molecule has 1 saturated heterocycles. The van der Waals surface area contributed by atoms with Crippen LogP contribution in [0.25, 0.3) is 0 Å². The van der Waals surface area contributed by atoms with Crippen molar-refractivity contribution in [2.24, 2.45) is 4.99 Å². The molecule has 2 aromatic rings. The second kappa shape index (κ2) is 13.4. The molecule has 30 heavy (non-hydrogen) atoms. The SMILES string of the molecule is CCNC(=NCc1cccnc1OCC)NC1CCN(Cc2ccccc2)CC1.I. The fourth-order valence-electron chi connectivity index (χ4n) is 3.57. The van der Waals surface area contributed by atoms with Crippen molar-refractivity contribution in [1.82, 2.24) is 20.5 Å². The summed E-state index contributed by atoms with van der Waals surface area (Å²) < 4.78 is 5.61. The molecule has 1 aromatic carbocycles. The number of hydrogen-bond acceptors (Lipinski definition) is 4. The third-order valence-corrected chi connectivity index (χ3v) is 5.06. The Morgan fingerprint density at radius 3 is 2.60 bits per heavy atom. The molecule has 1 aliphatic heterocycles. The summed E-state index contributed by atoms with van der Waals surface area (Å²) in [6, 6.07) is 15.1. The Balaban J connectivity index is 0.00000320. The van der Waals surface area contributed by atoms with Crippen LogP contribution in [0, 0.1) is 0 Å². The topological polar surface area (TPSA) is 61.8 Å². The van der Waals surface area contributed by atoms with Crippen LogP contribution in [-0.2, 0) is 13.1 Å². The molecule has 1 fully saturated rings. The largest absolute Gasteiger partial charge is 0.478 e. The smallest absolute Gasteiger partial charge is 0.218 e. The summed E-state index contributed by atoms with van der Waals surface area (Å²) in [5.41, 5.74) is 2.39. The minimum absolute atomic E-state index is 0. The summed E-state index contributed by atoms with van der Waals surface area (Å²) in [5.74, 6) is 1.53. The van der Waals surface area contributed by atoms with Crippen LogP contribution in [0.4, 0.5) is 0 Å². The fraction of sp³-hybridized carbons (Fsp3) is 0.478. The van der Waals surface area contributed by atoms with Crippen LogP contribution >= 0.6 is 24.0 Å². The van der Waals surface area contributed by atoms with Crippen LogP contribution in [0.15, 0.2) is 53.7 Å². The first kappa shape index (κ1) is 24.4. The summed E-state index contributed by atoms with van der Waals surface area (Å²) in [4.78, 5) is 11.6. The summed E-state index contributed by atoms with van der Waals surface area (Å²) in [5, 5.41) is 6.98. The maximum absolute atomic E-state index is 5.61. The maximum atomic E-state index is 5.61. The van der Waals surface area contributed by atoms with Crippen molar-refractivity contribution in [3.63, 3.8) is 0 Å². The highest BCUT2D eigenvalue weighted by Crippen LogP contribution is 2.16. The van der Waals surface area contributed by atoms with Crippen LogP contribution in [0.1, 0.15) is 37.8 Å². The van der Waals surface area contributed by atoms with Crippen molar-refractivity contribution >= 4 is 29.9 Å². The molecule has 1 aliphatic rings. The van der Waals surface area contributed by atoms with Crippen molar-refractivity contribution in [3.8, 4) is 5.88 Å². The third-order valence-electron chi connectivity index (χ3n) is 5.06. The number of ether oxygens (including phenoxy) is 1. The van der Waals surface area contributed by atoms with Gasteiger partial charge >= 0.3 is 0 Å². The van der Waals surface area contributed by atoms with E-state index in [2.05, 4.69) is 57.8 Å². The molecule has 3 rings (SSSR count). The van der Waals surface area contributed by atoms with Gasteiger partial charge < -0.3 is 15.4 Å². The molecule has 6 nitrogen and oxygen atoms in total. The van der Waals surface area contributed by atoms with E-state index >= 15 is 0 Å². The lowest BCUT2D eigenvalue weighted by Gasteiger charge is -2.33. The normalized spacial score (nSPS) is 15.3. The van der Waals surface area contributed by atoms with Crippen molar-refractivity contribution in [1.29, 1.82) is 0 Å². The zero-order valence-electron chi connectivity index (χ0n) is 18.0. The van der Waals surface area contributed by atoms with Gasteiger partial charge in [-0.3, -0.25) is 4.90 Å². The summed E-state index contributed by atoms with van der Waals surface area (Å²) in [6.07, 6.45) is 3.99. The first-order valence-electron chi connectivity index (χ1n) is 10.7. The number of benzene rings is 1. The van der Waals surface area contributed by atoms with Gasteiger partial charge in [0.1, 0.15) is 0 Å². The third kappa shape index (κ3) is 7.75. The number of likely N-dealkylation sites (tertiary alicyclic amines) is 1. The number of hydrogen-bond donors (Lipinski definition) is 2. The Labute approximate surface area is 197 Å². The summed E-state index contributed by atoms with van der Waals surface area (Å²) in [7, 11) is 0. The van der Waals surface area contributed by atoms with Gasteiger partial charge in [-0.15, -0.1) is 24.0 Å². The standard InChI is InChI=1S/C23H33N5O.HI/c1-3-24-23(26-17-20-11-8-14-25-22(20)29-4-2)27-21-12-15-28(16-13-21)18-19-9-6-5-7-10-19;/h5-11,14,21H,3-4,12-13,15-18H2,1-2H3,(H2,24,26,27);1H. The van der Waals surface area contributed by atoms with Gasteiger partial charge in [-0.05, 0) is 38.3 Å². The van der Waals surface area contributed by atoms with Gasteiger partial charge in [-0.2, -0.15) is 0 Å². The highest BCUT2D eigenvalue weighted by Gasteiger charge is 2.20. The number of nitrogens with one attached hydrogen (secondary N) is 2. The van der Waals surface area contributed by atoms with Crippen molar-refractivity contribution < 1.29 is 4.74 Å². The molecule has 1 aromatic heterocycles. The lowest BCUT2D eigenvalue weighted by molar-refractivity contribution is 0.198. The van der Waals surface area contributed by atoms with Gasteiger partial charge in [-0.25, -0.2) is 9.98 Å². The van der Waals surface area contributed by atoms with Crippen LogP contribution in [0.2, 0.25) is 0 Å². The first-order valence-corrected chi connectivity index (χ1v) is 10.7. The van der Waals surface area contributed by atoms with Crippen molar-refractivity contribution in [3.05, 3.63) is 59.8 Å². The molecule has 7 heteroatoms. The van der Waals surface area contributed by atoms with Gasteiger partial charge in [0, 0.05) is 44.0 Å². The number of rotatable bonds is 8. The zero-order chi connectivity index (χ0) is 20.3. The van der Waals surface area contributed by atoms with E-state index in [0.717, 1.165) is 50.5 Å². The lowest BCUT2D eigenvalue weighted by atomic mass is 10.0. The Morgan fingerprint density at radius 2 is 1.90 bits per heavy atom. The first-order chi connectivity index (χ1) is 14.3. The second-order valence-electron chi connectivity index (χ2n) is 7.28. The highest BCUT2D eigenvalue weighted by molar-refractivity contribution is 14.0. The Kier molecular flexibility index (Phi) is 10.9. The molecule has 164 valence electrons. The molecule has 0 atom stereocenters. The van der Waals surface area contributed by atoms with Crippen LogP contribution in [0.5, 0.6) is 5.88 Å². The van der Waals surface area contributed by atoms with E-state index in [1.54, 1.807) is 6.20 Å². The molecular weight excluding hydrogens is 489 g/mol. The fourth-order valence-corrected chi connectivity index (χ4v) is 3.57. The van der Waals surface area contributed by atoms with Crippen LogP contribution in [-0.4, -0.2) is 48.1 Å². The van der Waals surface area contributed by atoms with Gasteiger partial charge in [0.05, 0.1) is 13.2 Å². The molecule has 2 heterocycles. The van der Waals surface area contributed by atoms with E-state index in [4.69, 9.17) is 9.73 Å². The number of nitrogens with zero attached hydrogens (tertiary/aromatic N) is 3. The molecule has 0 aliphatic carbocycles. The van der Waals surface area contributed by atoms with E-state index in [0.29, 0.717) is 25.1 Å². The van der Waals surface area contributed by atoms with E-state index in [1.807, 2.05) is 19.1 Å². The van der Waals surface area contributed by atoms with E-state index in [-0.39, 0.29) is 24.0 Å². The molecule has 0 spiro atoms. The molecular formula is C23H34IN5O. The Hall–Kier alpha value is -1.87. The van der Waals surface area contributed by atoms with Crippen LogP contribution in [0.3, 0.4) is 0 Å². The number of halogens is 1. The van der Waals surface area contributed by atoms with Gasteiger partial charge in [-0.1, -0.05) is 36.4 Å². The number of piperidine rings is 1. The Morgan fingerprint density at radius 1 is 1.13 bits per heavy atom. The van der Waals surface area contributed by atoms with Gasteiger partial charge in [0.2, 0.25) is 5.88 Å². The monoisotopic (exact) mass is 523 g/mol. The van der Waals surface area contributed by atoms with Gasteiger partial charge in [0.25, 0.3) is 0 Å². The Bertz CT molecular complexity index is 763. The molecule has 0 radical (unpaired) electrons. The minimum atomic E-state index is 0. The number of guanidine groups is 1. The molecule has 0 saturated carbocycles. The molecule has 2 N–H and O–H groups in total. The number of aromatic nitrogens is 1. The van der Waals surface area contributed by atoms with Crippen LogP contribution < -0.4 is 15.4 Å². The minimum Gasteiger partial charge on any atom is -0.478 e. The average Bonchev–Trinajstić information content (AvgIpc) is 2.75. The quantitative estimate of drug-likeness (QED) is 0.313. The lowest BCUT2D eigenvalue weighted by Crippen LogP contribution is -2.48. The van der Waals surface area contributed by atoms with E-state index in [1.165, 1.54) is 5.56 Å². The van der Waals surface area contributed by atoms with E-state index in [9.17, 15) is 0 Å². The average molecular weight is 523 g/mol. The van der Waals surface area contributed by atoms with Gasteiger partial charge in [0.15, 0.2) is 5.96 Å². The van der Waals surface area contributed by atoms with Crippen molar-refractivity contribution in [2.45, 2.75) is 45.8 Å². The predicted octanol–water partition coefficient (Wildman–Crippen LogP) is 3.82. The number of pyridine rings is 1. The predicted molar refractivity (Wildman–Crippen MR) is 134 cm³/mol. The summed E-state index contributed by atoms with van der Waals surface area (Å²) in [6.45, 7) is 9.28.